The van der Waals surface area contributed by atoms with Crippen LogP contribution in [-0.2, 0) is 27.8 Å². The normalized spacial score (nSPS) is 14.8. The van der Waals surface area contributed by atoms with E-state index in [-0.39, 0.29) is 5.91 Å². The van der Waals surface area contributed by atoms with Gasteiger partial charge < -0.3 is 5.32 Å². The summed E-state index contributed by atoms with van der Waals surface area (Å²) in [7, 11) is -3.50. The zero-order valence-electron chi connectivity index (χ0n) is 14.2. The summed E-state index contributed by atoms with van der Waals surface area (Å²) in [5.74, 6) is -0.0213. The summed E-state index contributed by atoms with van der Waals surface area (Å²) in [6, 6.07) is 14.2. The van der Waals surface area contributed by atoms with E-state index in [1.54, 1.807) is 30.3 Å². The van der Waals surface area contributed by atoms with Crippen molar-refractivity contribution in [3.05, 3.63) is 59.7 Å². The van der Waals surface area contributed by atoms with Crippen LogP contribution in [-0.4, -0.2) is 25.2 Å². The summed E-state index contributed by atoms with van der Waals surface area (Å²) in [5, 5.41) is 2.87. The Morgan fingerprint density at radius 1 is 1.12 bits per heavy atom. The molecule has 6 heteroatoms. The molecule has 1 aliphatic rings. The largest absolute Gasteiger partial charge is 0.326 e. The Morgan fingerprint density at radius 2 is 1.88 bits per heavy atom. The van der Waals surface area contributed by atoms with E-state index in [0.717, 1.165) is 23.2 Å². The third-order valence-corrected chi connectivity index (χ3v) is 6.18. The number of anilines is 1. The second kappa shape index (κ2) is 7.37. The molecule has 0 radical (unpaired) electrons. The molecule has 132 valence electrons. The molecule has 0 fully saturated rings. The first-order valence-corrected chi connectivity index (χ1v) is 9.91. The van der Waals surface area contributed by atoms with Gasteiger partial charge in [-0.1, -0.05) is 31.2 Å². The molecule has 1 aliphatic heterocycles. The zero-order chi connectivity index (χ0) is 17.9. The topological polar surface area (TPSA) is 66.5 Å². The van der Waals surface area contributed by atoms with Crippen LogP contribution in [0.2, 0.25) is 0 Å². The number of rotatable bonds is 5. The quantitative estimate of drug-likeness (QED) is 0.893. The van der Waals surface area contributed by atoms with Crippen LogP contribution in [0.3, 0.4) is 0 Å². The number of sulfonamides is 1. The molecule has 5 nitrogen and oxygen atoms in total. The number of nitrogens with zero attached hydrogens (tertiary/aromatic N) is 1. The fraction of sp³-hybridized carbons (Fsp3) is 0.316. The summed E-state index contributed by atoms with van der Waals surface area (Å²) in [6.45, 7) is 2.74. The van der Waals surface area contributed by atoms with Gasteiger partial charge in [0.1, 0.15) is 0 Å². The molecule has 2 aromatic carbocycles. The van der Waals surface area contributed by atoms with Crippen molar-refractivity contribution in [1.29, 1.82) is 0 Å². The lowest BCUT2D eigenvalue weighted by atomic mass is 10.0. The molecule has 0 aromatic heterocycles. The molecule has 0 bridgehead atoms. The van der Waals surface area contributed by atoms with E-state index in [4.69, 9.17) is 0 Å². The molecule has 0 saturated carbocycles. The highest BCUT2D eigenvalue weighted by atomic mass is 32.2. The molecule has 0 aliphatic carbocycles. The Balaban J connectivity index is 1.81. The third kappa shape index (κ3) is 3.91. The smallest absolute Gasteiger partial charge is 0.243 e. The Bertz CT molecular complexity index is 863. The minimum Gasteiger partial charge on any atom is -0.326 e. The Hall–Kier alpha value is -2.18. The number of hydrogen-bond acceptors (Lipinski definition) is 3. The summed E-state index contributed by atoms with van der Waals surface area (Å²) in [5.41, 5.74) is 2.80. The lowest BCUT2D eigenvalue weighted by molar-refractivity contribution is -0.116. The fourth-order valence-electron chi connectivity index (χ4n) is 3.01. The standard InChI is InChI=1S/C19H22N2O3S/c1-2-6-19(22)20-17-10-9-15-11-12-21(14-16(15)13-17)25(23,24)18-7-4-3-5-8-18/h3-5,7-10,13H,2,6,11-12,14H2,1H3,(H,20,22). The molecule has 2 aromatic rings. The molecule has 1 N–H and O–H groups in total. The van der Waals surface area contributed by atoms with E-state index >= 15 is 0 Å². The molecular weight excluding hydrogens is 336 g/mol. The molecule has 0 atom stereocenters. The van der Waals surface area contributed by atoms with Crippen molar-refractivity contribution in [2.45, 2.75) is 37.6 Å². The average molecular weight is 358 g/mol. The van der Waals surface area contributed by atoms with E-state index in [9.17, 15) is 13.2 Å². The van der Waals surface area contributed by atoms with Crippen LogP contribution in [0.25, 0.3) is 0 Å². The van der Waals surface area contributed by atoms with Gasteiger partial charge in [0.2, 0.25) is 15.9 Å². The van der Waals surface area contributed by atoms with E-state index in [1.807, 2.05) is 25.1 Å². The number of hydrogen-bond donors (Lipinski definition) is 1. The van der Waals surface area contributed by atoms with Crippen molar-refractivity contribution >= 4 is 21.6 Å². The third-order valence-electron chi connectivity index (χ3n) is 4.33. The highest BCUT2D eigenvalue weighted by molar-refractivity contribution is 7.89. The van der Waals surface area contributed by atoms with Gasteiger partial charge in [-0.2, -0.15) is 4.31 Å². The molecule has 0 unspecified atom stereocenters. The van der Waals surface area contributed by atoms with Crippen molar-refractivity contribution < 1.29 is 13.2 Å². The highest BCUT2D eigenvalue weighted by Crippen LogP contribution is 2.27. The average Bonchev–Trinajstić information content (AvgIpc) is 2.62. The highest BCUT2D eigenvalue weighted by Gasteiger charge is 2.28. The van der Waals surface area contributed by atoms with Gasteiger partial charge in [-0.25, -0.2) is 8.42 Å². The Labute approximate surface area is 148 Å². The van der Waals surface area contributed by atoms with Crippen LogP contribution in [0.1, 0.15) is 30.9 Å². The molecule has 0 spiro atoms. The molecular formula is C19H22N2O3S. The van der Waals surface area contributed by atoms with E-state index in [0.29, 0.717) is 30.8 Å². The van der Waals surface area contributed by atoms with Crippen LogP contribution in [0.5, 0.6) is 0 Å². The van der Waals surface area contributed by atoms with Crippen LogP contribution < -0.4 is 5.32 Å². The predicted octanol–water partition coefficient (Wildman–Crippen LogP) is 3.17. The number of benzene rings is 2. The van der Waals surface area contributed by atoms with Crippen molar-refractivity contribution in [1.82, 2.24) is 4.31 Å². The maximum Gasteiger partial charge on any atom is 0.243 e. The van der Waals surface area contributed by atoms with Gasteiger partial charge in [-0.3, -0.25) is 4.79 Å². The number of carbonyl (C=O) groups excluding carboxylic acids is 1. The first kappa shape index (κ1) is 17.6. The van der Waals surface area contributed by atoms with Crippen molar-refractivity contribution in [2.24, 2.45) is 0 Å². The van der Waals surface area contributed by atoms with Gasteiger partial charge in [-0.05, 0) is 48.2 Å². The number of fused-ring (bicyclic) bond motifs is 1. The first-order chi connectivity index (χ1) is 12.0. The monoisotopic (exact) mass is 358 g/mol. The minimum atomic E-state index is -3.50. The van der Waals surface area contributed by atoms with Crippen LogP contribution in [0, 0.1) is 0 Å². The lowest BCUT2D eigenvalue weighted by Crippen LogP contribution is -2.36. The second-order valence-electron chi connectivity index (χ2n) is 6.18. The summed E-state index contributed by atoms with van der Waals surface area (Å²) >= 11 is 0. The minimum absolute atomic E-state index is 0.0213. The van der Waals surface area contributed by atoms with Gasteiger partial charge in [0.25, 0.3) is 0 Å². The van der Waals surface area contributed by atoms with Gasteiger partial charge in [-0.15, -0.1) is 0 Å². The summed E-state index contributed by atoms with van der Waals surface area (Å²) in [6.07, 6.45) is 1.94. The molecule has 1 amide bonds. The van der Waals surface area contributed by atoms with Crippen LogP contribution in [0.15, 0.2) is 53.4 Å². The van der Waals surface area contributed by atoms with Gasteiger partial charge in [0.05, 0.1) is 4.90 Å². The van der Waals surface area contributed by atoms with Crippen molar-refractivity contribution in [3.8, 4) is 0 Å². The summed E-state index contributed by atoms with van der Waals surface area (Å²) < 4.78 is 27.1. The maximum absolute atomic E-state index is 12.8. The molecule has 1 heterocycles. The van der Waals surface area contributed by atoms with Gasteiger partial charge >= 0.3 is 0 Å². The van der Waals surface area contributed by atoms with Crippen molar-refractivity contribution in [2.75, 3.05) is 11.9 Å². The predicted molar refractivity (Wildman–Crippen MR) is 97.7 cm³/mol. The van der Waals surface area contributed by atoms with E-state index in [1.165, 1.54) is 4.31 Å². The zero-order valence-corrected chi connectivity index (χ0v) is 15.1. The number of carbonyl (C=O) groups is 1. The van der Waals surface area contributed by atoms with Crippen LogP contribution >= 0.6 is 0 Å². The SMILES string of the molecule is CCCC(=O)Nc1ccc2c(c1)CN(S(=O)(=O)c1ccccc1)CC2. The fourth-order valence-corrected chi connectivity index (χ4v) is 4.45. The van der Waals surface area contributed by atoms with Crippen LogP contribution in [0.4, 0.5) is 5.69 Å². The molecule has 0 saturated heterocycles. The molecule has 3 rings (SSSR count). The second-order valence-corrected chi connectivity index (χ2v) is 8.12. The lowest BCUT2D eigenvalue weighted by Gasteiger charge is -2.28. The first-order valence-electron chi connectivity index (χ1n) is 8.47. The van der Waals surface area contributed by atoms with E-state index < -0.39 is 10.0 Å². The van der Waals surface area contributed by atoms with Gasteiger partial charge in [0, 0.05) is 25.2 Å². The van der Waals surface area contributed by atoms with E-state index in [2.05, 4.69) is 5.32 Å². The van der Waals surface area contributed by atoms with Gasteiger partial charge in [0.15, 0.2) is 0 Å². The number of nitrogens with one attached hydrogen (secondary N) is 1. The molecule has 25 heavy (non-hydrogen) atoms. The number of amides is 1. The maximum atomic E-state index is 12.8. The Kier molecular flexibility index (Phi) is 5.20. The summed E-state index contributed by atoms with van der Waals surface area (Å²) in [4.78, 5) is 12.1. The van der Waals surface area contributed by atoms with Crippen molar-refractivity contribution in [3.63, 3.8) is 0 Å². The Morgan fingerprint density at radius 3 is 2.60 bits per heavy atom.